The van der Waals surface area contributed by atoms with Crippen molar-refractivity contribution in [3.8, 4) is 11.5 Å². The molecule has 0 aliphatic carbocycles. The highest BCUT2D eigenvalue weighted by atomic mass is 35.5. The average molecular weight is 594 g/mol. The molecule has 0 bridgehead atoms. The van der Waals surface area contributed by atoms with Gasteiger partial charge in [0, 0.05) is 35.2 Å². The molecule has 0 fully saturated rings. The van der Waals surface area contributed by atoms with Crippen molar-refractivity contribution in [2.24, 2.45) is 0 Å². The number of aliphatic hydroxyl groups is 2. The third-order valence-corrected chi connectivity index (χ3v) is 7.42. The first-order chi connectivity index (χ1) is 19.7. The molecule has 216 valence electrons. The molecule has 0 saturated carbocycles. The molecule has 0 aliphatic heterocycles. The first kappa shape index (κ1) is 31.0. The number of benzene rings is 4. The fraction of sp³-hybridized carbons (Fsp3) is 0.294. The molecule has 3 unspecified atom stereocenters. The van der Waals surface area contributed by atoms with Crippen LogP contribution in [0.3, 0.4) is 0 Å². The Morgan fingerprint density at radius 1 is 0.610 bits per heavy atom. The molecule has 5 nitrogen and oxygen atoms in total. The lowest BCUT2D eigenvalue weighted by Crippen LogP contribution is -2.32. The summed E-state index contributed by atoms with van der Waals surface area (Å²) in [7, 11) is 0. The molecule has 4 aromatic carbocycles. The van der Waals surface area contributed by atoms with E-state index in [1.165, 1.54) is 11.1 Å². The number of halogens is 2. The lowest BCUT2D eigenvalue weighted by Gasteiger charge is -2.18. The monoisotopic (exact) mass is 592 g/mol. The van der Waals surface area contributed by atoms with Crippen molar-refractivity contribution >= 4 is 23.2 Å². The summed E-state index contributed by atoms with van der Waals surface area (Å²) >= 11 is 12.1. The van der Waals surface area contributed by atoms with Gasteiger partial charge in [0.05, 0.1) is 12.2 Å². The van der Waals surface area contributed by atoms with Crippen molar-refractivity contribution in [3.63, 3.8) is 0 Å². The zero-order valence-electron chi connectivity index (χ0n) is 23.4. The second-order valence-corrected chi connectivity index (χ2v) is 11.4. The maximum absolute atomic E-state index is 10.4. The van der Waals surface area contributed by atoms with Gasteiger partial charge in [0.25, 0.3) is 0 Å². The Balaban J connectivity index is 1.19. The second-order valence-electron chi connectivity index (χ2n) is 10.6. The lowest BCUT2D eigenvalue weighted by atomic mass is 10.1. The van der Waals surface area contributed by atoms with Crippen molar-refractivity contribution in [3.05, 3.63) is 129 Å². The van der Waals surface area contributed by atoms with Crippen molar-refractivity contribution in [1.29, 1.82) is 0 Å². The maximum Gasteiger partial charge on any atom is 0.127 e. The number of hydrogen-bond donors (Lipinski definition) is 4. The van der Waals surface area contributed by atoms with Crippen LogP contribution >= 0.6 is 23.2 Å². The van der Waals surface area contributed by atoms with Crippen LogP contribution in [0.2, 0.25) is 10.0 Å². The zero-order valence-corrected chi connectivity index (χ0v) is 24.9. The highest BCUT2D eigenvalue weighted by Gasteiger charge is 2.12. The SMILES string of the molecule is CC(Cc1ccc(Oc2ccc(CC(C)NC[C@H](O)c3cccc(Cl)c3)cc2)cc1)NCC(O)c1cccc(Cl)c1. The fourth-order valence-electron chi connectivity index (χ4n) is 4.66. The smallest absolute Gasteiger partial charge is 0.127 e. The van der Waals surface area contributed by atoms with Crippen molar-refractivity contribution < 1.29 is 14.9 Å². The molecule has 7 heteroatoms. The number of ether oxygens (including phenoxy) is 1. The van der Waals surface area contributed by atoms with E-state index in [0.29, 0.717) is 23.1 Å². The molecule has 0 aromatic heterocycles. The Hall–Kier alpha value is -2.90. The molecule has 4 aromatic rings. The fourth-order valence-corrected chi connectivity index (χ4v) is 5.06. The first-order valence-electron chi connectivity index (χ1n) is 13.9. The summed E-state index contributed by atoms with van der Waals surface area (Å²) in [4.78, 5) is 0. The maximum atomic E-state index is 10.4. The van der Waals surface area contributed by atoms with Crippen LogP contribution in [0.1, 0.15) is 48.3 Å². The van der Waals surface area contributed by atoms with E-state index in [1.807, 2.05) is 48.5 Å². The summed E-state index contributed by atoms with van der Waals surface area (Å²) in [5, 5.41) is 28.9. The molecule has 41 heavy (non-hydrogen) atoms. The Morgan fingerprint density at radius 2 is 1.00 bits per heavy atom. The second kappa shape index (κ2) is 15.4. The number of nitrogens with one attached hydrogen (secondary N) is 2. The first-order valence-corrected chi connectivity index (χ1v) is 14.7. The summed E-state index contributed by atoms with van der Waals surface area (Å²) in [6.45, 7) is 5.12. The van der Waals surface area contributed by atoms with Crippen LogP contribution in [-0.4, -0.2) is 35.4 Å². The molecule has 0 amide bonds. The van der Waals surface area contributed by atoms with Crippen LogP contribution in [0.4, 0.5) is 0 Å². The third kappa shape index (κ3) is 10.2. The van der Waals surface area contributed by atoms with E-state index in [0.717, 1.165) is 35.5 Å². The van der Waals surface area contributed by atoms with E-state index in [2.05, 4.69) is 48.7 Å². The Labute approximate surface area is 253 Å². The summed E-state index contributed by atoms with van der Waals surface area (Å²) in [6.07, 6.45) is 0.454. The summed E-state index contributed by atoms with van der Waals surface area (Å²) in [5.74, 6) is 1.56. The molecule has 0 spiro atoms. The van der Waals surface area contributed by atoms with Gasteiger partial charge >= 0.3 is 0 Å². The molecule has 4 N–H and O–H groups in total. The third-order valence-electron chi connectivity index (χ3n) is 6.95. The Morgan fingerprint density at radius 3 is 1.37 bits per heavy atom. The van der Waals surface area contributed by atoms with Gasteiger partial charge < -0.3 is 25.6 Å². The van der Waals surface area contributed by atoms with Gasteiger partial charge in [0.15, 0.2) is 0 Å². The molecular weight excluding hydrogens is 555 g/mol. The quantitative estimate of drug-likeness (QED) is 0.124. The summed E-state index contributed by atoms with van der Waals surface area (Å²) in [5.41, 5.74) is 3.99. The van der Waals surface area contributed by atoms with E-state index < -0.39 is 12.2 Å². The number of hydrogen-bond acceptors (Lipinski definition) is 5. The topological polar surface area (TPSA) is 73.8 Å². The normalized spacial score (nSPS) is 14.3. The predicted octanol–water partition coefficient (Wildman–Crippen LogP) is 7.29. The van der Waals surface area contributed by atoms with Crippen LogP contribution in [0.25, 0.3) is 0 Å². The van der Waals surface area contributed by atoms with E-state index in [-0.39, 0.29) is 12.1 Å². The van der Waals surface area contributed by atoms with Crippen molar-refractivity contribution in [1.82, 2.24) is 10.6 Å². The van der Waals surface area contributed by atoms with Crippen LogP contribution in [0.5, 0.6) is 11.5 Å². The number of rotatable bonds is 14. The van der Waals surface area contributed by atoms with E-state index >= 15 is 0 Å². The number of aliphatic hydroxyl groups excluding tert-OH is 2. The van der Waals surface area contributed by atoms with Crippen LogP contribution in [-0.2, 0) is 12.8 Å². The predicted molar refractivity (Wildman–Crippen MR) is 168 cm³/mol. The van der Waals surface area contributed by atoms with Crippen molar-refractivity contribution in [2.75, 3.05) is 13.1 Å². The van der Waals surface area contributed by atoms with Gasteiger partial charge in [-0.1, -0.05) is 71.7 Å². The Kier molecular flexibility index (Phi) is 11.6. The van der Waals surface area contributed by atoms with E-state index in [1.54, 1.807) is 24.3 Å². The summed E-state index contributed by atoms with van der Waals surface area (Å²) < 4.78 is 6.05. The molecule has 0 radical (unpaired) electrons. The minimum absolute atomic E-state index is 0.195. The standard InChI is InChI=1S/C34H38Cl2N2O3/c1-23(37-21-33(39)27-5-3-7-29(35)19-27)17-25-9-13-31(14-10-25)41-32-15-11-26(12-16-32)18-24(2)38-22-34(40)28-6-4-8-30(36)20-28/h3-16,19-20,23-24,33-34,37-40H,17-18,21-22H2,1-2H3/t23?,24?,33-,34?/m0/s1. The molecule has 0 saturated heterocycles. The van der Waals surface area contributed by atoms with E-state index in [9.17, 15) is 10.2 Å². The summed E-state index contributed by atoms with van der Waals surface area (Å²) in [6, 6.07) is 31.2. The zero-order chi connectivity index (χ0) is 29.2. The van der Waals surface area contributed by atoms with Gasteiger partial charge in [-0.15, -0.1) is 0 Å². The highest BCUT2D eigenvalue weighted by molar-refractivity contribution is 6.30. The van der Waals surface area contributed by atoms with Crippen molar-refractivity contribution in [2.45, 2.75) is 51.0 Å². The largest absolute Gasteiger partial charge is 0.457 e. The van der Waals surface area contributed by atoms with Gasteiger partial charge in [-0.25, -0.2) is 0 Å². The van der Waals surface area contributed by atoms with Gasteiger partial charge in [0.1, 0.15) is 11.5 Å². The molecule has 0 aliphatic rings. The lowest BCUT2D eigenvalue weighted by molar-refractivity contribution is 0.170. The van der Waals surface area contributed by atoms with E-state index in [4.69, 9.17) is 27.9 Å². The Bertz CT molecular complexity index is 1260. The van der Waals surface area contributed by atoms with Crippen LogP contribution in [0.15, 0.2) is 97.1 Å². The molecule has 4 rings (SSSR count). The van der Waals surface area contributed by atoms with Gasteiger partial charge in [0.2, 0.25) is 0 Å². The minimum atomic E-state index is -0.606. The van der Waals surface area contributed by atoms with Gasteiger partial charge in [-0.2, -0.15) is 0 Å². The molecular formula is C34H38Cl2N2O3. The van der Waals surface area contributed by atoms with Crippen LogP contribution < -0.4 is 15.4 Å². The average Bonchev–Trinajstić information content (AvgIpc) is 2.96. The van der Waals surface area contributed by atoms with Gasteiger partial charge in [-0.3, -0.25) is 0 Å². The van der Waals surface area contributed by atoms with Crippen LogP contribution in [0, 0.1) is 0 Å². The highest BCUT2D eigenvalue weighted by Crippen LogP contribution is 2.24. The molecule has 4 atom stereocenters. The molecule has 0 heterocycles. The minimum Gasteiger partial charge on any atom is -0.457 e. The van der Waals surface area contributed by atoms with Gasteiger partial charge in [-0.05, 0) is 97.5 Å².